The lowest BCUT2D eigenvalue weighted by Gasteiger charge is -2.11. The molecule has 6 heteroatoms. The highest BCUT2D eigenvalue weighted by Gasteiger charge is 2.11. The molecule has 4 nitrogen and oxygen atoms in total. The van der Waals surface area contributed by atoms with E-state index in [0.29, 0.717) is 0 Å². The molecule has 13 heavy (non-hydrogen) atoms. The summed E-state index contributed by atoms with van der Waals surface area (Å²) in [6.07, 6.45) is -0.182. The number of carbonyl (C=O) groups excluding carboxylic acids is 2. The molecule has 0 aliphatic rings. The third-order valence-corrected chi connectivity index (χ3v) is 3.30. The summed E-state index contributed by atoms with van der Waals surface area (Å²) < 4.78 is 4.77. The molecule has 1 atom stereocenters. The third kappa shape index (κ3) is 6.77. The zero-order valence-corrected chi connectivity index (χ0v) is 9.24. The molecular weight excluding hydrogens is 212 g/mol. The summed E-state index contributed by atoms with van der Waals surface area (Å²) in [5.74, 6) is -1.19. The summed E-state index contributed by atoms with van der Waals surface area (Å²) in [4.78, 5) is 21.1. The van der Waals surface area contributed by atoms with Crippen molar-refractivity contribution >= 4 is 32.9 Å². The minimum Gasteiger partial charge on any atom is -0.549 e. The van der Waals surface area contributed by atoms with Crippen molar-refractivity contribution in [3.63, 3.8) is 0 Å². The van der Waals surface area contributed by atoms with Crippen molar-refractivity contribution in [2.75, 3.05) is 0 Å². The van der Waals surface area contributed by atoms with Crippen molar-refractivity contribution < 1.29 is 19.4 Å². The topological polar surface area (TPSA) is 66.4 Å². The Morgan fingerprint density at radius 3 is 2.23 bits per heavy atom. The summed E-state index contributed by atoms with van der Waals surface area (Å²) in [5.41, 5.74) is 0. The van der Waals surface area contributed by atoms with Gasteiger partial charge in [0.05, 0.1) is 17.3 Å². The molecule has 1 unspecified atom stereocenters. The summed E-state index contributed by atoms with van der Waals surface area (Å²) >= 11 is 0. The fourth-order valence-corrected chi connectivity index (χ4v) is 1.92. The van der Waals surface area contributed by atoms with Gasteiger partial charge in [0.1, 0.15) is 0 Å². The van der Waals surface area contributed by atoms with Crippen LogP contribution in [-0.4, -0.2) is 22.6 Å². The van der Waals surface area contributed by atoms with Crippen LogP contribution in [0.3, 0.4) is 0 Å². The molecule has 0 spiro atoms. The Balaban J connectivity index is 3.64. The second-order valence-corrected chi connectivity index (χ2v) is 5.03. The van der Waals surface area contributed by atoms with Gasteiger partial charge in [0.2, 0.25) is 0 Å². The summed E-state index contributed by atoms with van der Waals surface area (Å²) in [5, 5.41) is 9.04. The van der Waals surface area contributed by atoms with Gasteiger partial charge in [0, 0.05) is 10.8 Å². The first-order chi connectivity index (χ1) is 5.93. The number of carbonyl (C=O) groups is 2. The van der Waals surface area contributed by atoms with Crippen molar-refractivity contribution in [3.05, 3.63) is 0 Å². The number of carboxylic acid groups (broad SMARTS) is 1. The van der Waals surface area contributed by atoms with Gasteiger partial charge in [-0.1, -0.05) is 10.8 Å². The highest BCUT2D eigenvalue weighted by molar-refractivity contribution is 8.82. The van der Waals surface area contributed by atoms with E-state index in [1.165, 1.54) is 6.92 Å². The maximum absolute atomic E-state index is 10.9. The quantitative estimate of drug-likeness (QED) is 0.524. The second-order valence-electron chi connectivity index (χ2n) is 2.56. The minimum atomic E-state index is -1.19. The average molecular weight is 223 g/mol. The van der Waals surface area contributed by atoms with E-state index in [4.69, 9.17) is 4.74 Å². The monoisotopic (exact) mass is 223 g/mol. The predicted molar refractivity (Wildman–Crippen MR) is 51.3 cm³/mol. The number of carboxylic acids is 1. The Kier molecular flexibility index (Phi) is 5.98. The van der Waals surface area contributed by atoms with Crippen molar-refractivity contribution in [1.29, 1.82) is 0 Å². The van der Waals surface area contributed by atoms with Crippen LogP contribution >= 0.6 is 21.6 Å². The molecule has 0 aromatic carbocycles. The SMILES string of the molecule is CC(C)OC(=O)SSC(C)C(=O)[O-]. The van der Waals surface area contributed by atoms with Crippen molar-refractivity contribution in [2.24, 2.45) is 0 Å². The first-order valence-electron chi connectivity index (χ1n) is 3.68. The van der Waals surface area contributed by atoms with Crippen LogP contribution in [0.4, 0.5) is 4.79 Å². The zero-order chi connectivity index (χ0) is 10.4. The second kappa shape index (κ2) is 6.15. The minimum absolute atomic E-state index is 0.182. The van der Waals surface area contributed by atoms with Crippen LogP contribution in [0.25, 0.3) is 0 Å². The lowest BCUT2D eigenvalue weighted by Crippen LogP contribution is -2.31. The van der Waals surface area contributed by atoms with Gasteiger partial charge >= 0.3 is 5.30 Å². The van der Waals surface area contributed by atoms with Gasteiger partial charge in [-0.25, -0.2) is 4.79 Å². The molecule has 0 rings (SSSR count). The van der Waals surface area contributed by atoms with Crippen LogP contribution < -0.4 is 5.11 Å². The van der Waals surface area contributed by atoms with Crippen LogP contribution in [0.1, 0.15) is 20.8 Å². The zero-order valence-electron chi connectivity index (χ0n) is 7.60. The Hall–Kier alpha value is -0.360. The lowest BCUT2D eigenvalue weighted by molar-refractivity contribution is -0.304. The van der Waals surface area contributed by atoms with Gasteiger partial charge < -0.3 is 14.6 Å². The molecule has 0 fully saturated rings. The first kappa shape index (κ1) is 12.6. The largest absolute Gasteiger partial charge is 0.549 e. The first-order valence-corrected chi connectivity index (χ1v) is 5.89. The van der Waals surface area contributed by atoms with Gasteiger partial charge in [0.15, 0.2) is 0 Å². The maximum Gasteiger partial charge on any atom is 0.378 e. The highest BCUT2D eigenvalue weighted by atomic mass is 33.1. The smallest absolute Gasteiger partial charge is 0.378 e. The standard InChI is InChI=1S/C7H12O4S2/c1-4(2)11-7(10)13-12-5(3)6(8)9/h4-5H,1-3H3,(H,8,9)/p-1. The van der Waals surface area contributed by atoms with E-state index in [1.807, 2.05) is 0 Å². The molecule has 0 saturated heterocycles. The van der Waals surface area contributed by atoms with E-state index in [1.54, 1.807) is 13.8 Å². The molecule has 0 aliphatic heterocycles. The molecule has 0 aromatic heterocycles. The highest BCUT2D eigenvalue weighted by Crippen LogP contribution is 2.28. The molecule has 76 valence electrons. The number of ether oxygens (including phenoxy) is 1. The molecule has 0 amide bonds. The number of aliphatic carboxylic acids is 1. The van der Waals surface area contributed by atoms with Crippen LogP contribution in [0.15, 0.2) is 0 Å². The number of hydrogen-bond donors (Lipinski definition) is 0. The van der Waals surface area contributed by atoms with Crippen molar-refractivity contribution in [1.82, 2.24) is 0 Å². The Labute approximate surface area is 84.8 Å². The molecular formula is C7H11O4S2-. The van der Waals surface area contributed by atoms with Gasteiger partial charge in [-0.05, 0) is 20.8 Å². The number of hydrogen-bond acceptors (Lipinski definition) is 6. The van der Waals surface area contributed by atoms with E-state index in [0.717, 1.165) is 21.6 Å². The van der Waals surface area contributed by atoms with Crippen molar-refractivity contribution in [2.45, 2.75) is 32.1 Å². The maximum atomic E-state index is 10.9. The Morgan fingerprint density at radius 1 is 1.31 bits per heavy atom. The molecule has 0 saturated carbocycles. The molecule has 0 aromatic rings. The van der Waals surface area contributed by atoms with Crippen LogP contribution in [-0.2, 0) is 9.53 Å². The molecule has 0 bridgehead atoms. The molecule has 0 N–H and O–H groups in total. The van der Waals surface area contributed by atoms with Gasteiger partial charge in [0.25, 0.3) is 0 Å². The average Bonchev–Trinajstić information content (AvgIpc) is 1.98. The fraction of sp³-hybridized carbons (Fsp3) is 0.714. The van der Waals surface area contributed by atoms with E-state index in [2.05, 4.69) is 0 Å². The van der Waals surface area contributed by atoms with E-state index < -0.39 is 16.5 Å². The number of rotatable bonds is 4. The Morgan fingerprint density at radius 2 is 1.85 bits per heavy atom. The van der Waals surface area contributed by atoms with Crippen molar-refractivity contribution in [3.8, 4) is 0 Å². The van der Waals surface area contributed by atoms with Gasteiger partial charge in [-0.3, -0.25) is 0 Å². The molecule has 0 heterocycles. The lowest BCUT2D eigenvalue weighted by atomic mass is 10.5. The van der Waals surface area contributed by atoms with E-state index >= 15 is 0 Å². The van der Waals surface area contributed by atoms with Crippen LogP contribution in [0.2, 0.25) is 0 Å². The van der Waals surface area contributed by atoms with E-state index in [-0.39, 0.29) is 6.10 Å². The van der Waals surface area contributed by atoms with Crippen LogP contribution in [0, 0.1) is 0 Å². The summed E-state index contributed by atoms with van der Waals surface area (Å²) in [6.45, 7) is 4.91. The van der Waals surface area contributed by atoms with Gasteiger partial charge in [-0.15, -0.1) is 0 Å². The fourth-order valence-electron chi connectivity index (χ4n) is 0.363. The normalized spacial score (nSPS) is 12.6. The molecule has 0 aliphatic carbocycles. The summed E-state index contributed by atoms with van der Waals surface area (Å²) in [6, 6.07) is 0. The molecule has 0 radical (unpaired) electrons. The predicted octanol–water partition coefficient (Wildman–Crippen LogP) is 1.05. The Bertz CT molecular complexity index is 193. The van der Waals surface area contributed by atoms with Gasteiger partial charge in [-0.2, -0.15) is 0 Å². The summed E-state index contributed by atoms with van der Waals surface area (Å²) in [7, 11) is 1.69. The van der Waals surface area contributed by atoms with E-state index in [9.17, 15) is 14.7 Å². The third-order valence-electron chi connectivity index (χ3n) is 0.924. The van der Waals surface area contributed by atoms with Crippen LogP contribution in [0.5, 0.6) is 0 Å².